The largest absolute Gasteiger partial charge is 0.496 e. The number of Topliss-reactive ketones (excluding diaryl/α,β-unsaturated/α-hetero) is 1. The lowest BCUT2D eigenvalue weighted by atomic mass is 9.87. The number of aryl methyl sites for hydroxylation is 2. The Bertz CT molecular complexity index is 2450. The molecule has 3 N–H and O–H groups in total. The van der Waals surface area contributed by atoms with Gasteiger partial charge in [-0.1, -0.05) is 79.4 Å². The van der Waals surface area contributed by atoms with Crippen LogP contribution >= 0.6 is 0 Å². The third kappa shape index (κ3) is 11.7. The molecule has 0 spiro atoms. The summed E-state index contributed by atoms with van der Waals surface area (Å²) in [6.07, 6.45) is 0.519. The second-order valence-corrected chi connectivity index (χ2v) is 17.0. The van der Waals surface area contributed by atoms with Gasteiger partial charge in [0, 0.05) is 24.2 Å². The van der Waals surface area contributed by atoms with Crippen molar-refractivity contribution in [2.24, 2.45) is 5.41 Å². The summed E-state index contributed by atoms with van der Waals surface area (Å²) in [6, 6.07) is 25.2. The summed E-state index contributed by atoms with van der Waals surface area (Å²) in [5.41, 5.74) is 5.23. The van der Waals surface area contributed by atoms with Crippen molar-refractivity contribution < 1.29 is 57.6 Å². The van der Waals surface area contributed by atoms with Crippen molar-refractivity contribution in [3.8, 4) is 16.9 Å². The summed E-state index contributed by atoms with van der Waals surface area (Å²) >= 11 is 0. The van der Waals surface area contributed by atoms with Crippen molar-refractivity contribution >= 4 is 47.3 Å². The predicted molar refractivity (Wildman–Crippen MR) is 243 cm³/mol. The molecular formula is C51H55N3O12. The average Bonchev–Trinajstić information content (AvgIpc) is 3.64. The van der Waals surface area contributed by atoms with E-state index in [4.69, 9.17) is 18.9 Å². The number of methoxy groups -OCH3 is 1. The lowest BCUT2D eigenvalue weighted by molar-refractivity contribution is -0.165. The number of benzene rings is 4. The zero-order chi connectivity index (χ0) is 47.5. The van der Waals surface area contributed by atoms with E-state index in [2.05, 4.69) is 17.2 Å². The SMILES string of the molecule is C=CC(=O)OCC(C)(C)C(=O)C(=O)N1CCCC[C@H]1C(=O)O[C@H](CCc1ccc(C)c(OC)c1)c1cccc(NC(=O)C[C@H](NC(=O)OCC2c3ccccc3-c3ccccc32)C(=O)O)c1. The number of ketones is 1. The molecular weight excluding hydrogens is 847 g/mol. The Labute approximate surface area is 383 Å². The number of alkyl carbamates (subject to hydrolysis) is 1. The molecule has 15 heteroatoms. The Morgan fingerprint density at radius 1 is 0.894 bits per heavy atom. The van der Waals surface area contributed by atoms with Crippen molar-refractivity contribution in [1.29, 1.82) is 0 Å². The fourth-order valence-electron chi connectivity index (χ4n) is 8.24. The Balaban J connectivity index is 1.14. The number of ether oxygens (including phenoxy) is 4. The molecule has 3 atom stereocenters. The highest BCUT2D eigenvalue weighted by atomic mass is 16.6. The molecule has 346 valence electrons. The van der Waals surface area contributed by atoms with E-state index in [1.807, 2.05) is 73.7 Å². The molecule has 2 aliphatic rings. The van der Waals surface area contributed by atoms with E-state index in [1.165, 1.54) is 18.7 Å². The highest BCUT2D eigenvalue weighted by molar-refractivity contribution is 6.38. The minimum absolute atomic E-state index is 0.0468. The van der Waals surface area contributed by atoms with Gasteiger partial charge in [-0.15, -0.1) is 0 Å². The van der Waals surface area contributed by atoms with Crippen LogP contribution in [0.5, 0.6) is 5.75 Å². The van der Waals surface area contributed by atoms with Gasteiger partial charge in [-0.05, 0) is 110 Å². The zero-order valence-corrected chi connectivity index (χ0v) is 37.5. The van der Waals surface area contributed by atoms with Crippen LogP contribution in [0.15, 0.2) is 104 Å². The second kappa shape index (κ2) is 21.6. The van der Waals surface area contributed by atoms with Crippen LogP contribution < -0.4 is 15.4 Å². The zero-order valence-electron chi connectivity index (χ0n) is 37.5. The summed E-state index contributed by atoms with van der Waals surface area (Å²) in [6.45, 7) is 7.95. The van der Waals surface area contributed by atoms with Gasteiger partial charge >= 0.3 is 24.0 Å². The van der Waals surface area contributed by atoms with Gasteiger partial charge in [-0.25, -0.2) is 19.2 Å². The minimum Gasteiger partial charge on any atom is -0.496 e. The number of carbonyl (C=O) groups is 7. The molecule has 0 aromatic heterocycles. The Morgan fingerprint density at radius 3 is 2.26 bits per heavy atom. The van der Waals surface area contributed by atoms with Gasteiger partial charge in [0.05, 0.1) is 18.9 Å². The molecule has 1 aliphatic heterocycles. The molecule has 0 radical (unpaired) electrons. The Kier molecular flexibility index (Phi) is 15.8. The summed E-state index contributed by atoms with van der Waals surface area (Å²) in [4.78, 5) is 92.9. The third-order valence-corrected chi connectivity index (χ3v) is 11.9. The Morgan fingerprint density at radius 2 is 1.59 bits per heavy atom. The van der Waals surface area contributed by atoms with Crippen LogP contribution in [0.25, 0.3) is 11.1 Å². The first kappa shape index (κ1) is 48.2. The van der Waals surface area contributed by atoms with Crippen LogP contribution in [-0.4, -0.2) is 90.6 Å². The molecule has 1 saturated heterocycles. The number of carboxylic acid groups (broad SMARTS) is 1. The minimum atomic E-state index is -1.62. The second-order valence-electron chi connectivity index (χ2n) is 17.0. The summed E-state index contributed by atoms with van der Waals surface area (Å²) in [7, 11) is 1.57. The van der Waals surface area contributed by atoms with E-state index in [0.717, 1.165) is 39.5 Å². The van der Waals surface area contributed by atoms with E-state index >= 15 is 0 Å². The summed E-state index contributed by atoms with van der Waals surface area (Å²) in [5.74, 6) is -4.92. The fraction of sp³-hybridized carbons (Fsp3) is 0.353. The number of carboxylic acids is 1. The molecule has 0 saturated carbocycles. The number of aliphatic carboxylic acids is 1. The highest BCUT2D eigenvalue weighted by Gasteiger charge is 2.42. The number of carbonyl (C=O) groups excluding carboxylic acids is 6. The van der Waals surface area contributed by atoms with Gasteiger partial charge < -0.3 is 39.6 Å². The van der Waals surface area contributed by atoms with Crippen LogP contribution in [0.4, 0.5) is 10.5 Å². The number of nitrogens with zero attached hydrogens (tertiary/aromatic N) is 1. The first-order valence-electron chi connectivity index (χ1n) is 21.8. The van der Waals surface area contributed by atoms with E-state index in [-0.39, 0.29) is 44.2 Å². The molecule has 6 rings (SSSR count). The topological polar surface area (TPSA) is 204 Å². The third-order valence-electron chi connectivity index (χ3n) is 11.9. The molecule has 1 heterocycles. The van der Waals surface area contributed by atoms with Gasteiger partial charge in [-0.3, -0.25) is 14.4 Å². The molecule has 4 aromatic rings. The van der Waals surface area contributed by atoms with Gasteiger partial charge in [0.2, 0.25) is 11.7 Å². The fourth-order valence-corrected chi connectivity index (χ4v) is 8.24. The lowest BCUT2D eigenvalue weighted by Gasteiger charge is -2.36. The standard InChI is InChI=1S/C51H55N3O12/c1-6-45(56)65-30-51(3,4)46(57)47(58)54-25-12-11-20-41(54)49(61)66-42(24-23-32-22-21-31(2)43(26-32)63-5)33-14-13-15-34(27-33)52-44(55)28-40(48(59)60)53-50(62)64-29-39-37-18-9-7-16-35(37)36-17-8-10-19-38(36)39/h6-10,13-19,21-22,26-27,39-42H,1,11-12,20,23-25,28-30H2,2-5H3,(H,52,55)(H,53,62)(H,59,60)/t40-,41-,42+/m0/s1. The highest BCUT2D eigenvalue weighted by Crippen LogP contribution is 2.44. The molecule has 1 fully saturated rings. The van der Waals surface area contributed by atoms with E-state index in [0.29, 0.717) is 30.6 Å². The maximum Gasteiger partial charge on any atom is 0.407 e. The van der Waals surface area contributed by atoms with Gasteiger partial charge in [-0.2, -0.15) is 0 Å². The Hall–Kier alpha value is -7.29. The van der Waals surface area contributed by atoms with Gasteiger partial charge in [0.15, 0.2) is 0 Å². The predicted octanol–water partition coefficient (Wildman–Crippen LogP) is 7.25. The van der Waals surface area contributed by atoms with Crippen LogP contribution in [0.1, 0.15) is 85.8 Å². The van der Waals surface area contributed by atoms with E-state index in [1.54, 1.807) is 31.4 Å². The number of anilines is 1. The van der Waals surface area contributed by atoms with Crippen molar-refractivity contribution in [3.63, 3.8) is 0 Å². The van der Waals surface area contributed by atoms with Crippen LogP contribution in [0.2, 0.25) is 0 Å². The number of amides is 3. The molecule has 3 amide bonds. The van der Waals surface area contributed by atoms with Gasteiger partial charge in [0.25, 0.3) is 5.91 Å². The smallest absolute Gasteiger partial charge is 0.407 e. The van der Waals surface area contributed by atoms with Crippen LogP contribution in [0, 0.1) is 12.3 Å². The summed E-state index contributed by atoms with van der Waals surface area (Å²) in [5, 5.41) is 15.0. The summed E-state index contributed by atoms with van der Waals surface area (Å²) < 4.78 is 22.3. The molecule has 1 aliphatic carbocycles. The first-order valence-corrected chi connectivity index (χ1v) is 21.8. The molecule has 4 aromatic carbocycles. The van der Waals surface area contributed by atoms with Crippen molar-refractivity contribution in [1.82, 2.24) is 10.2 Å². The van der Waals surface area contributed by atoms with Gasteiger partial charge in [0.1, 0.15) is 37.2 Å². The van der Waals surface area contributed by atoms with E-state index in [9.17, 15) is 38.7 Å². The number of fused-ring (bicyclic) bond motifs is 3. The monoisotopic (exact) mass is 901 g/mol. The first-order chi connectivity index (χ1) is 31.6. The molecule has 0 unspecified atom stereocenters. The average molecular weight is 902 g/mol. The van der Waals surface area contributed by atoms with E-state index < -0.39 is 71.6 Å². The van der Waals surface area contributed by atoms with Crippen molar-refractivity contribution in [2.75, 3.05) is 32.2 Å². The number of rotatable bonds is 19. The maximum atomic E-state index is 14.1. The number of likely N-dealkylation sites (tertiary alicyclic amines) is 1. The maximum absolute atomic E-state index is 14.1. The lowest BCUT2D eigenvalue weighted by Crippen LogP contribution is -2.53. The number of hydrogen-bond donors (Lipinski definition) is 3. The quantitative estimate of drug-likeness (QED) is 0.0369. The number of esters is 2. The number of nitrogens with one attached hydrogen (secondary N) is 2. The molecule has 15 nitrogen and oxygen atoms in total. The molecule has 66 heavy (non-hydrogen) atoms. The van der Waals surface area contributed by atoms with Crippen LogP contribution in [0.3, 0.4) is 0 Å². The number of hydrogen-bond acceptors (Lipinski definition) is 11. The van der Waals surface area contributed by atoms with Crippen molar-refractivity contribution in [3.05, 3.63) is 131 Å². The number of piperidine rings is 1. The van der Waals surface area contributed by atoms with Crippen molar-refractivity contribution in [2.45, 2.75) is 83.4 Å². The normalized spacial score (nSPS) is 15.2. The van der Waals surface area contributed by atoms with Crippen LogP contribution in [-0.2, 0) is 49.4 Å². The molecule has 0 bridgehead atoms.